The van der Waals surface area contributed by atoms with E-state index in [9.17, 15) is 40.1 Å². The first-order valence-electron chi connectivity index (χ1n) is 13.2. The van der Waals surface area contributed by atoms with Gasteiger partial charge in [-0.15, -0.1) is 0 Å². The van der Waals surface area contributed by atoms with Crippen LogP contribution in [0.1, 0.15) is 58.3 Å². The van der Waals surface area contributed by atoms with Crippen molar-refractivity contribution in [2.24, 2.45) is 5.11 Å². The van der Waals surface area contributed by atoms with Crippen molar-refractivity contribution in [3.05, 3.63) is 10.4 Å². The van der Waals surface area contributed by atoms with Gasteiger partial charge in [-0.05, 0) is 12.0 Å². The van der Waals surface area contributed by atoms with Gasteiger partial charge in [0.1, 0.15) is 42.7 Å². The molecule has 0 bridgehead atoms. The highest BCUT2D eigenvalue weighted by molar-refractivity contribution is 7.45. The largest absolute Gasteiger partial charge is 0.756 e. The number of hydrogen-bond donors (Lipinski definition) is 6. The molecule has 11 atom stereocenters. The van der Waals surface area contributed by atoms with Crippen LogP contribution in [0.5, 0.6) is 0 Å². The molecule has 0 aliphatic carbocycles. The lowest BCUT2D eigenvalue weighted by Crippen LogP contribution is -2.64. The van der Waals surface area contributed by atoms with Gasteiger partial charge in [-0.25, -0.2) is 0 Å². The van der Waals surface area contributed by atoms with Crippen LogP contribution in [-0.4, -0.2) is 112 Å². The van der Waals surface area contributed by atoms with Crippen LogP contribution in [0.4, 0.5) is 0 Å². The van der Waals surface area contributed by atoms with Crippen LogP contribution < -0.4 is 4.89 Å². The van der Waals surface area contributed by atoms with E-state index in [4.69, 9.17) is 28.8 Å². The fraction of sp³-hybridized carbons (Fsp3) is 1.00. The van der Waals surface area contributed by atoms with Crippen molar-refractivity contribution in [2.45, 2.75) is 120 Å². The van der Waals surface area contributed by atoms with E-state index < -0.39 is 82.4 Å². The maximum atomic E-state index is 12.3. The van der Waals surface area contributed by atoms with E-state index in [-0.39, 0.29) is 6.61 Å². The zero-order chi connectivity index (χ0) is 29.0. The maximum absolute atomic E-state index is 12.3. The van der Waals surface area contributed by atoms with Crippen LogP contribution in [0.25, 0.3) is 10.4 Å². The Hall–Kier alpha value is -0.940. The molecule has 2 rings (SSSR count). The van der Waals surface area contributed by atoms with Gasteiger partial charge in [0, 0.05) is 4.91 Å². The summed E-state index contributed by atoms with van der Waals surface area (Å²) in [5.41, 5.74) is 8.49. The first-order chi connectivity index (χ1) is 18.6. The summed E-state index contributed by atoms with van der Waals surface area (Å²) in [4.78, 5) is 14.8. The lowest BCUT2D eigenvalue weighted by Gasteiger charge is -2.46. The molecule has 2 aliphatic rings. The number of ether oxygens (including phenoxy) is 3. The molecule has 17 heteroatoms. The van der Waals surface area contributed by atoms with Crippen LogP contribution in [-0.2, 0) is 27.8 Å². The smallest absolute Gasteiger partial charge is 0.270 e. The van der Waals surface area contributed by atoms with E-state index in [0.717, 1.165) is 32.1 Å². The molecule has 0 aromatic carbocycles. The summed E-state index contributed by atoms with van der Waals surface area (Å²) in [7, 11) is -4.96. The molecule has 16 nitrogen and oxygen atoms in total. The first-order valence-corrected chi connectivity index (χ1v) is 14.6. The molecule has 0 spiro atoms. The molecule has 0 saturated carbocycles. The normalized spacial score (nSPS) is 36.7. The lowest BCUT2D eigenvalue weighted by atomic mass is 9.97. The number of aliphatic hydroxyl groups is 6. The van der Waals surface area contributed by atoms with Gasteiger partial charge in [0.05, 0.1) is 25.9 Å². The number of phosphoric acid groups is 1. The summed E-state index contributed by atoms with van der Waals surface area (Å²) in [6.07, 6.45) is -9.33. The minimum Gasteiger partial charge on any atom is -0.756 e. The number of unbranched alkanes of at least 4 members (excludes halogenated alkanes) is 7. The topological polar surface area (TPSA) is 256 Å². The zero-order valence-electron chi connectivity index (χ0n) is 21.9. The van der Waals surface area contributed by atoms with Crippen molar-refractivity contribution in [1.82, 2.24) is 0 Å². The second-order valence-corrected chi connectivity index (χ2v) is 11.0. The van der Waals surface area contributed by atoms with Crippen molar-refractivity contribution < 1.29 is 63.4 Å². The van der Waals surface area contributed by atoms with E-state index in [0.29, 0.717) is 6.42 Å². The number of rotatable bonds is 17. The minimum atomic E-state index is -4.96. The summed E-state index contributed by atoms with van der Waals surface area (Å²) in [5, 5.41) is 64.4. The van der Waals surface area contributed by atoms with Crippen molar-refractivity contribution in [2.75, 3.05) is 19.8 Å². The summed E-state index contributed by atoms with van der Waals surface area (Å²) in [5.74, 6) is 0. The Labute approximate surface area is 226 Å². The molecule has 0 amide bonds. The first kappa shape index (κ1) is 34.3. The summed E-state index contributed by atoms with van der Waals surface area (Å²) >= 11 is 0. The number of phosphoric ester groups is 1. The minimum absolute atomic E-state index is 0.141. The Kier molecular flexibility index (Phi) is 15.0. The van der Waals surface area contributed by atoms with Gasteiger partial charge in [0.15, 0.2) is 12.6 Å². The zero-order valence-corrected chi connectivity index (χ0v) is 22.8. The third-order valence-corrected chi connectivity index (χ3v) is 7.55. The van der Waals surface area contributed by atoms with Crippen molar-refractivity contribution in [3.8, 4) is 0 Å². The van der Waals surface area contributed by atoms with Crippen LogP contribution >= 0.6 is 7.82 Å². The van der Waals surface area contributed by atoms with Gasteiger partial charge in [0.2, 0.25) is 0 Å². The molecular formula is C22H41N3O13P-. The Balaban J connectivity index is 1.90. The highest BCUT2D eigenvalue weighted by atomic mass is 31.2. The Morgan fingerprint density at radius 3 is 2.08 bits per heavy atom. The lowest BCUT2D eigenvalue weighted by molar-refractivity contribution is -0.355. The van der Waals surface area contributed by atoms with Crippen LogP contribution in [0.15, 0.2) is 5.11 Å². The fourth-order valence-corrected chi connectivity index (χ4v) is 5.17. The number of aliphatic hydroxyl groups excluding tert-OH is 6. The summed E-state index contributed by atoms with van der Waals surface area (Å²) in [6, 6.07) is 0. The molecule has 2 saturated heterocycles. The summed E-state index contributed by atoms with van der Waals surface area (Å²) in [6.45, 7) is 0.729. The molecule has 2 aliphatic heterocycles. The van der Waals surface area contributed by atoms with E-state index in [1.54, 1.807) is 0 Å². The molecule has 6 N–H and O–H groups in total. The van der Waals surface area contributed by atoms with E-state index in [1.807, 2.05) is 0 Å². The highest BCUT2D eigenvalue weighted by Gasteiger charge is 2.51. The predicted octanol–water partition coefficient (Wildman–Crippen LogP) is -0.429. The van der Waals surface area contributed by atoms with Crippen molar-refractivity contribution in [3.63, 3.8) is 0 Å². The second-order valence-electron chi connectivity index (χ2n) is 9.60. The molecule has 228 valence electrons. The third kappa shape index (κ3) is 10.4. The Morgan fingerprint density at radius 1 is 0.872 bits per heavy atom. The molecule has 2 fully saturated rings. The molecular weight excluding hydrogens is 545 g/mol. The van der Waals surface area contributed by atoms with Crippen LogP contribution in [0, 0.1) is 0 Å². The Bertz CT molecular complexity index is 805. The number of nitrogens with zero attached hydrogens (tertiary/aromatic N) is 3. The van der Waals surface area contributed by atoms with Gasteiger partial charge in [-0.1, -0.05) is 57.0 Å². The standard InChI is InChI=1S/C22H42N3O13P/c1-2-3-4-5-6-7-8-9-10-34-39(32,33)38-22-19(31)17(29)20(14(12-26)36-22)37-21-18(30)16(28)15(27)13(35-21)11-24-25-23/h13-22,26-31H,2-12H2,1H3,(H,32,33)/p-1/t13-,14-,15+,16+,17-,18-,19+,20-,21+,22-/m1/s1. The van der Waals surface area contributed by atoms with E-state index >= 15 is 0 Å². The molecule has 0 aromatic rings. The molecule has 0 aromatic heterocycles. The highest BCUT2D eigenvalue weighted by Crippen LogP contribution is 2.43. The van der Waals surface area contributed by atoms with Gasteiger partial charge < -0.3 is 54.3 Å². The Morgan fingerprint density at radius 2 is 1.46 bits per heavy atom. The number of azide groups is 1. The second kappa shape index (κ2) is 17.1. The SMILES string of the molecule is CCCCCCCCCCOP(=O)([O-])O[C@H]1O[C@H](CO)[C@@H](O[C@@H]2O[C@H](CN=[N+]=[N-])[C@H](O)[C@H](O)[C@H]2O)[C@H](O)[C@@H]1O. The quantitative estimate of drug-likeness (QED) is 0.0416. The predicted molar refractivity (Wildman–Crippen MR) is 131 cm³/mol. The molecule has 0 radical (unpaired) electrons. The fourth-order valence-electron chi connectivity index (χ4n) is 4.33. The molecule has 39 heavy (non-hydrogen) atoms. The van der Waals surface area contributed by atoms with Crippen LogP contribution in [0.3, 0.4) is 0 Å². The monoisotopic (exact) mass is 586 g/mol. The average molecular weight is 587 g/mol. The van der Waals surface area contributed by atoms with Crippen LogP contribution in [0.2, 0.25) is 0 Å². The van der Waals surface area contributed by atoms with Crippen molar-refractivity contribution in [1.29, 1.82) is 0 Å². The summed E-state index contributed by atoms with van der Waals surface area (Å²) < 4.78 is 38.0. The average Bonchev–Trinajstić information content (AvgIpc) is 2.91. The van der Waals surface area contributed by atoms with E-state index in [1.165, 1.54) is 12.8 Å². The van der Waals surface area contributed by atoms with Gasteiger partial charge >= 0.3 is 0 Å². The third-order valence-electron chi connectivity index (χ3n) is 6.59. The maximum Gasteiger partial charge on any atom is 0.270 e. The number of hydrogen-bond acceptors (Lipinski definition) is 14. The van der Waals surface area contributed by atoms with E-state index in [2.05, 4.69) is 16.9 Å². The molecule has 1 unspecified atom stereocenters. The van der Waals surface area contributed by atoms with Gasteiger partial charge in [-0.2, -0.15) is 0 Å². The molecule has 2 heterocycles. The van der Waals surface area contributed by atoms with Gasteiger partial charge in [-0.3, -0.25) is 9.09 Å². The van der Waals surface area contributed by atoms with Crippen molar-refractivity contribution >= 4 is 7.82 Å². The van der Waals surface area contributed by atoms with Gasteiger partial charge in [0.25, 0.3) is 7.82 Å².